The zero-order valence-electron chi connectivity index (χ0n) is 15.7. The van der Waals surface area contributed by atoms with Gasteiger partial charge in [0.2, 0.25) is 6.10 Å². The van der Waals surface area contributed by atoms with E-state index in [1.54, 1.807) is 29.5 Å². The van der Waals surface area contributed by atoms with E-state index in [9.17, 15) is 9.59 Å². The summed E-state index contributed by atoms with van der Waals surface area (Å²) >= 11 is 1.54. The molecule has 1 N–H and O–H groups in total. The summed E-state index contributed by atoms with van der Waals surface area (Å²) in [5.41, 5.74) is 4.21. The highest BCUT2D eigenvalue weighted by molar-refractivity contribution is 7.08. The molecule has 0 saturated heterocycles. The molecule has 142 valence electrons. The predicted molar refractivity (Wildman–Crippen MR) is 113 cm³/mol. The summed E-state index contributed by atoms with van der Waals surface area (Å²) < 4.78 is 5.50. The van der Waals surface area contributed by atoms with E-state index in [1.807, 2.05) is 67.1 Å². The second kappa shape index (κ2) is 9.15. The van der Waals surface area contributed by atoms with Gasteiger partial charge in [0, 0.05) is 17.3 Å². The van der Waals surface area contributed by atoms with Crippen LogP contribution in [-0.2, 0) is 14.3 Å². The SMILES string of the molecule is Cc1ccc(C)c(NC(=O)[C@@H](OC(=O)/C=C/c2ccsc2)c2ccccc2)c1. The molecule has 28 heavy (non-hydrogen) atoms. The quantitative estimate of drug-likeness (QED) is 0.458. The third-order valence-corrected chi connectivity index (χ3v) is 4.88. The zero-order valence-corrected chi connectivity index (χ0v) is 16.5. The molecule has 3 rings (SSSR count). The van der Waals surface area contributed by atoms with Gasteiger partial charge in [0.25, 0.3) is 5.91 Å². The third kappa shape index (κ3) is 5.18. The standard InChI is InChI=1S/C23H21NO3S/c1-16-8-9-17(2)20(14-16)24-23(26)22(19-6-4-3-5-7-19)27-21(25)11-10-18-12-13-28-15-18/h3-15,22H,1-2H3,(H,24,26)/b11-10+/t22-/m0/s1. The van der Waals surface area contributed by atoms with Crippen LogP contribution in [0.15, 0.2) is 71.4 Å². The molecule has 3 aromatic rings. The van der Waals surface area contributed by atoms with Crippen LogP contribution >= 0.6 is 11.3 Å². The fourth-order valence-electron chi connectivity index (χ4n) is 2.66. The van der Waals surface area contributed by atoms with Gasteiger partial charge in [0.05, 0.1) is 0 Å². The molecular formula is C23H21NO3S. The minimum atomic E-state index is -1.04. The fraction of sp³-hybridized carbons (Fsp3) is 0.130. The smallest absolute Gasteiger partial charge is 0.331 e. The average molecular weight is 391 g/mol. The first-order valence-electron chi connectivity index (χ1n) is 8.87. The molecule has 2 aromatic carbocycles. The zero-order chi connectivity index (χ0) is 19.9. The average Bonchev–Trinajstić information content (AvgIpc) is 3.21. The Morgan fingerprint density at radius 3 is 2.57 bits per heavy atom. The molecule has 0 spiro atoms. The lowest BCUT2D eigenvalue weighted by molar-refractivity contribution is -0.149. The van der Waals surface area contributed by atoms with Crippen LogP contribution in [0.3, 0.4) is 0 Å². The number of anilines is 1. The lowest BCUT2D eigenvalue weighted by Gasteiger charge is -2.18. The molecule has 0 unspecified atom stereocenters. The molecule has 1 atom stereocenters. The Bertz CT molecular complexity index is 978. The van der Waals surface area contributed by atoms with Crippen molar-refractivity contribution in [3.8, 4) is 0 Å². The van der Waals surface area contributed by atoms with E-state index in [2.05, 4.69) is 5.32 Å². The van der Waals surface area contributed by atoms with Crippen molar-refractivity contribution in [2.45, 2.75) is 20.0 Å². The number of thiophene rings is 1. The summed E-state index contributed by atoms with van der Waals surface area (Å²) in [4.78, 5) is 25.2. The Morgan fingerprint density at radius 1 is 1.07 bits per heavy atom. The third-order valence-electron chi connectivity index (χ3n) is 4.18. The van der Waals surface area contributed by atoms with Crippen molar-refractivity contribution in [2.75, 3.05) is 5.32 Å². The maximum Gasteiger partial charge on any atom is 0.331 e. The van der Waals surface area contributed by atoms with E-state index in [1.165, 1.54) is 6.08 Å². The van der Waals surface area contributed by atoms with Gasteiger partial charge in [0.15, 0.2) is 0 Å². The number of amides is 1. The number of carbonyl (C=O) groups is 2. The van der Waals surface area contributed by atoms with Crippen molar-refractivity contribution < 1.29 is 14.3 Å². The number of aryl methyl sites for hydroxylation is 2. The van der Waals surface area contributed by atoms with Crippen LogP contribution in [0, 0.1) is 13.8 Å². The Hall–Kier alpha value is -3.18. The highest BCUT2D eigenvalue weighted by Crippen LogP contribution is 2.23. The molecule has 0 radical (unpaired) electrons. The summed E-state index contributed by atoms with van der Waals surface area (Å²) in [5.74, 6) is -0.964. The molecule has 0 aliphatic heterocycles. The summed E-state index contributed by atoms with van der Waals surface area (Å²) in [6.07, 6.45) is 1.97. The Balaban J connectivity index is 1.79. The monoisotopic (exact) mass is 391 g/mol. The Kier molecular flexibility index (Phi) is 6.40. The number of rotatable bonds is 6. The maximum absolute atomic E-state index is 12.9. The lowest BCUT2D eigenvalue weighted by Crippen LogP contribution is -2.25. The number of ether oxygens (including phenoxy) is 1. The number of carbonyl (C=O) groups excluding carboxylic acids is 2. The van der Waals surface area contributed by atoms with Gasteiger partial charge >= 0.3 is 5.97 Å². The summed E-state index contributed by atoms with van der Waals surface area (Å²) in [5, 5.41) is 6.73. The highest BCUT2D eigenvalue weighted by atomic mass is 32.1. The summed E-state index contributed by atoms with van der Waals surface area (Å²) in [7, 11) is 0. The minimum Gasteiger partial charge on any atom is -0.444 e. The van der Waals surface area contributed by atoms with Crippen molar-refractivity contribution in [3.05, 3.63) is 93.7 Å². The van der Waals surface area contributed by atoms with Crippen LogP contribution in [0.4, 0.5) is 5.69 Å². The molecule has 0 bridgehead atoms. The van der Waals surface area contributed by atoms with Crippen LogP contribution in [0.1, 0.15) is 28.4 Å². The maximum atomic E-state index is 12.9. The number of hydrogen-bond acceptors (Lipinski definition) is 4. The van der Waals surface area contributed by atoms with Crippen molar-refractivity contribution >= 4 is 35.0 Å². The van der Waals surface area contributed by atoms with E-state index in [0.717, 1.165) is 16.7 Å². The van der Waals surface area contributed by atoms with Gasteiger partial charge in [-0.1, -0.05) is 42.5 Å². The highest BCUT2D eigenvalue weighted by Gasteiger charge is 2.24. The van der Waals surface area contributed by atoms with E-state index >= 15 is 0 Å². The molecule has 1 amide bonds. The van der Waals surface area contributed by atoms with E-state index in [4.69, 9.17) is 4.74 Å². The summed E-state index contributed by atoms with van der Waals surface area (Å²) in [6, 6.07) is 16.7. The van der Waals surface area contributed by atoms with Crippen LogP contribution in [0.25, 0.3) is 6.08 Å². The topological polar surface area (TPSA) is 55.4 Å². The summed E-state index contributed by atoms with van der Waals surface area (Å²) in [6.45, 7) is 3.88. The second-order valence-electron chi connectivity index (χ2n) is 6.43. The molecule has 0 fully saturated rings. The van der Waals surface area contributed by atoms with Gasteiger partial charge in [-0.25, -0.2) is 4.79 Å². The van der Waals surface area contributed by atoms with Crippen LogP contribution < -0.4 is 5.32 Å². The van der Waals surface area contributed by atoms with Crippen LogP contribution in [0.5, 0.6) is 0 Å². The van der Waals surface area contributed by atoms with Crippen molar-refractivity contribution in [2.24, 2.45) is 0 Å². The molecule has 0 saturated carbocycles. The van der Waals surface area contributed by atoms with Gasteiger partial charge in [-0.15, -0.1) is 0 Å². The number of hydrogen-bond donors (Lipinski definition) is 1. The van der Waals surface area contributed by atoms with Gasteiger partial charge < -0.3 is 10.1 Å². The van der Waals surface area contributed by atoms with Gasteiger partial charge in [-0.3, -0.25) is 4.79 Å². The molecule has 0 aliphatic rings. The van der Waals surface area contributed by atoms with Crippen molar-refractivity contribution in [1.29, 1.82) is 0 Å². The normalized spacial score (nSPS) is 11.9. The molecule has 1 heterocycles. The number of nitrogens with one attached hydrogen (secondary N) is 1. The fourth-order valence-corrected chi connectivity index (χ4v) is 3.29. The van der Waals surface area contributed by atoms with Crippen molar-refractivity contribution in [1.82, 2.24) is 0 Å². The molecule has 0 aliphatic carbocycles. The first-order valence-corrected chi connectivity index (χ1v) is 9.81. The largest absolute Gasteiger partial charge is 0.444 e. The van der Waals surface area contributed by atoms with Gasteiger partial charge in [-0.05, 0) is 59.5 Å². The first-order chi connectivity index (χ1) is 13.5. The van der Waals surface area contributed by atoms with E-state index < -0.39 is 18.0 Å². The van der Waals surface area contributed by atoms with E-state index in [0.29, 0.717) is 11.3 Å². The predicted octanol–water partition coefficient (Wildman–Crippen LogP) is 5.30. The molecule has 4 nitrogen and oxygen atoms in total. The number of esters is 1. The Labute approximate surface area is 168 Å². The van der Waals surface area contributed by atoms with Crippen LogP contribution in [-0.4, -0.2) is 11.9 Å². The van der Waals surface area contributed by atoms with Crippen LogP contribution in [0.2, 0.25) is 0 Å². The first kappa shape index (κ1) is 19.6. The Morgan fingerprint density at radius 2 is 1.86 bits per heavy atom. The number of benzene rings is 2. The van der Waals surface area contributed by atoms with Gasteiger partial charge in [-0.2, -0.15) is 11.3 Å². The lowest BCUT2D eigenvalue weighted by atomic mass is 10.1. The molecule has 5 heteroatoms. The van der Waals surface area contributed by atoms with Gasteiger partial charge in [0.1, 0.15) is 0 Å². The minimum absolute atomic E-state index is 0.391. The van der Waals surface area contributed by atoms with E-state index in [-0.39, 0.29) is 0 Å². The van der Waals surface area contributed by atoms with Crippen molar-refractivity contribution in [3.63, 3.8) is 0 Å². The second-order valence-corrected chi connectivity index (χ2v) is 7.21. The molecular weight excluding hydrogens is 370 g/mol. The molecule has 1 aromatic heterocycles.